The second-order valence-corrected chi connectivity index (χ2v) is 3.56. The molecule has 1 unspecified atom stereocenters. The number of ether oxygens (including phenoxy) is 1. The van der Waals surface area contributed by atoms with Gasteiger partial charge < -0.3 is 10.1 Å². The minimum atomic E-state index is -0.0123. The Balaban J connectivity index is 1.76. The van der Waals surface area contributed by atoms with Gasteiger partial charge in [-0.3, -0.25) is 9.89 Å². The average molecular weight is 210 g/mol. The average Bonchev–Trinajstić information content (AvgIpc) is 2.80. The van der Waals surface area contributed by atoms with Crippen LogP contribution in [-0.4, -0.2) is 34.3 Å². The molecule has 0 spiro atoms. The van der Waals surface area contributed by atoms with Gasteiger partial charge in [0.15, 0.2) is 0 Å². The second-order valence-electron chi connectivity index (χ2n) is 3.56. The lowest BCUT2D eigenvalue weighted by molar-refractivity contribution is -0.129. The first-order valence-electron chi connectivity index (χ1n) is 5.06. The lowest BCUT2D eigenvalue weighted by Crippen LogP contribution is -2.35. The summed E-state index contributed by atoms with van der Waals surface area (Å²) in [6.45, 7) is 1.70. The third kappa shape index (κ3) is 2.76. The number of aromatic amines is 1. The molecule has 1 aliphatic rings. The predicted molar refractivity (Wildman–Crippen MR) is 51.8 cm³/mol. The van der Waals surface area contributed by atoms with Crippen LogP contribution in [0.5, 0.6) is 0 Å². The molecular formula is C9H14N4O2. The van der Waals surface area contributed by atoms with Crippen molar-refractivity contribution in [2.24, 2.45) is 5.92 Å². The maximum Gasteiger partial charge on any atom is 0.225 e. The van der Waals surface area contributed by atoms with Crippen LogP contribution in [0.1, 0.15) is 18.7 Å². The van der Waals surface area contributed by atoms with Gasteiger partial charge in [-0.15, -0.1) is 0 Å². The molecule has 1 aliphatic heterocycles. The van der Waals surface area contributed by atoms with Crippen molar-refractivity contribution in [1.82, 2.24) is 20.5 Å². The molecular weight excluding hydrogens is 196 g/mol. The van der Waals surface area contributed by atoms with E-state index in [4.69, 9.17) is 4.74 Å². The Hall–Kier alpha value is -1.43. The molecule has 1 saturated heterocycles. The van der Waals surface area contributed by atoms with E-state index >= 15 is 0 Å². The minimum absolute atomic E-state index is 0.0123. The molecule has 82 valence electrons. The zero-order chi connectivity index (χ0) is 10.5. The van der Waals surface area contributed by atoms with Crippen LogP contribution >= 0.6 is 0 Å². The molecule has 2 heterocycles. The quantitative estimate of drug-likeness (QED) is 0.727. The molecule has 6 nitrogen and oxygen atoms in total. The molecule has 0 aliphatic carbocycles. The third-order valence-corrected chi connectivity index (χ3v) is 2.43. The van der Waals surface area contributed by atoms with E-state index in [1.807, 2.05) is 0 Å². The van der Waals surface area contributed by atoms with E-state index in [9.17, 15) is 4.79 Å². The zero-order valence-corrected chi connectivity index (χ0v) is 8.40. The molecule has 15 heavy (non-hydrogen) atoms. The number of nitrogens with one attached hydrogen (secondary N) is 2. The number of nitrogens with zero attached hydrogens (tertiary/aromatic N) is 2. The highest BCUT2D eigenvalue weighted by Crippen LogP contribution is 2.13. The molecule has 1 aromatic rings. The Morgan fingerprint density at radius 2 is 2.67 bits per heavy atom. The molecule has 1 aromatic heterocycles. The summed E-state index contributed by atoms with van der Waals surface area (Å²) >= 11 is 0. The number of hydrogen-bond donors (Lipinski definition) is 2. The van der Waals surface area contributed by atoms with Crippen LogP contribution in [0.25, 0.3) is 0 Å². The maximum absolute atomic E-state index is 11.6. The van der Waals surface area contributed by atoms with Crippen LogP contribution in [0.15, 0.2) is 6.33 Å². The second kappa shape index (κ2) is 4.88. The fraction of sp³-hybridized carbons (Fsp3) is 0.667. The van der Waals surface area contributed by atoms with Crippen molar-refractivity contribution in [1.29, 1.82) is 0 Å². The van der Waals surface area contributed by atoms with Gasteiger partial charge in [0.25, 0.3) is 0 Å². The minimum Gasteiger partial charge on any atom is -0.381 e. The Kier molecular flexibility index (Phi) is 3.29. The fourth-order valence-corrected chi connectivity index (χ4v) is 1.58. The first-order valence-corrected chi connectivity index (χ1v) is 5.06. The molecule has 1 atom stereocenters. The third-order valence-electron chi connectivity index (χ3n) is 2.43. The van der Waals surface area contributed by atoms with Crippen molar-refractivity contribution in [2.45, 2.75) is 19.4 Å². The van der Waals surface area contributed by atoms with E-state index in [0.717, 1.165) is 19.4 Å². The van der Waals surface area contributed by atoms with Crippen molar-refractivity contribution in [3.05, 3.63) is 12.2 Å². The number of carbonyl (C=O) groups is 1. The number of amides is 1. The van der Waals surface area contributed by atoms with E-state index in [2.05, 4.69) is 20.5 Å². The van der Waals surface area contributed by atoms with Crippen molar-refractivity contribution in [2.75, 3.05) is 13.2 Å². The monoisotopic (exact) mass is 210 g/mol. The molecule has 1 amide bonds. The molecule has 0 radical (unpaired) electrons. The Bertz CT molecular complexity index is 306. The molecule has 6 heteroatoms. The Labute approximate surface area is 87.4 Å². The van der Waals surface area contributed by atoms with E-state index in [-0.39, 0.29) is 11.8 Å². The summed E-state index contributed by atoms with van der Waals surface area (Å²) < 4.78 is 5.24. The van der Waals surface area contributed by atoms with E-state index in [0.29, 0.717) is 19.0 Å². The number of H-pyrrole nitrogens is 1. The fourth-order valence-electron chi connectivity index (χ4n) is 1.58. The van der Waals surface area contributed by atoms with Gasteiger partial charge in [0.05, 0.1) is 19.1 Å². The SMILES string of the molecule is O=C(NCc1ncn[nH]1)C1CCCOC1. The number of aromatic nitrogens is 3. The molecule has 0 aromatic carbocycles. The standard InChI is InChI=1S/C9H14N4O2/c14-9(7-2-1-3-15-5-7)10-4-8-11-6-12-13-8/h6-7H,1-5H2,(H,10,14)(H,11,12,13). The van der Waals surface area contributed by atoms with Gasteiger partial charge in [-0.1, -0.05) is 0 Å². The maximum atomic E-state index is 11.6. The van der Waals surface area contributed by atoms with Gasteiger partial charge >= 0.3 is 0 Å². The summed E-state index contributed by atoms with van der Waals surface area (Å²) in [7, 11) is 0. The normalized spacial score (nSPS) is 21.2. The Morgan fingerprint density at radius 3 is 3.33 bits per heavy atom. The van der Waals surface area contributed by atoms with E-state index in [1.54, 1.807) is 0 Å². The summed E-state index contributed by atoms with van der Waals surface area (Å²) in [4.78, 5) is 15.6. The Morgan fingerprint density at radius 1 is 1.73 bits per heavy atom. The first kappa shape index (κ1) is 10.1. The lowest BCUT2D eigenvalue weighted by atomic mass is 10.0. The summed E-state index contributed by atoms with van der Waals surface area (Å²) in [5, 5.41) is 9.19. The van der Waals surface area contributed by atoms with E-state index in [1.165, 1.54) is 6.33 Å². The van der Waals surface area contributed by atoms with Crippen LogP contribution < -0.4 is 5.32 Å². The van der Waals surface area contributed by atoms with Crippen LogP contribution in [0.3, 0.4) is 0 Å². The molecule has 0 saturated carbocycles. The van der Waals surface area contributed by atoms with Gasteiger partial charge in [-0.2, -0.15) is 5.10 Å². The van der Waals surface area contributed by atoms with Gasteiger partial charge in [0.1, 0.15) is 12.2 Å². The van der Waals surface area contributed by atoms with Crippen molar-refractivity contribution in [3.63, 3.8) is 0 Å². The van der Waals surface area contributed by atoms with Crippen molar-refractivity contribution in [3.8, 4) is 0 Å². The van der Waals surface area contributed by atoms with Gasteiger partial charge in [-0.25, -0.2) is 4.98 Å². The van der Waals surface area contributed by atoms with Crippen LogP contribution in [0.2, 0.25) is 0 Å². The lowest BCUT2D eigenvalue weighted by Gasteiger charge is -2.20. The predicted octanol–water partition coefficient (Wildman–Crippen LogP) is -0.153. The first-order chi connectivity index (χ1) is 7.36. The van der Waals surface area contributed by atoms with Crippen LogP contribution in [-0.2, 0) is 16.1 Å². The van der Waals surface area contributed by atoms with Crippen molar-refractivity contribution >= 4 is 5.91 Å². The highest BCUT2D eigenvalue weighted by atomic mass is 16.5. The topological polar surface area (TPSA) is 79.9 Å². The van der Waals surface area contributed by atoms with Crippen LogP contribution in [0, 0.1) is 5.92 Å². The number of carbonyl (C=O) groups excluding carboxylic acids is 1. The molecule has 2 rings (SSSR count). The number of hydrogen-bond acceptors (Lipinski definition) is 4. The zero-order valence-electron chi connectivity index (χ0n) is 8.40. The highest BCUT2D eigenvalue weighted by Gasteiger charge is 2.21. The van der Waals surface area contributed by atoms with Crippen LogP contribution in [0.4, 0.5) is 0 Å². The molecule has 1 fully saturated rings. The van der Waals surface area contributed by atoms with Gasteiger partial charge in [0.2, 0.25) is 5.91 Å². The van der Waals surface area contributed by atoms with Crippen molar-refractivity contribution < 1.29 is 9.53 Å². The molecule has 0 bridgehead atoms. The summed E-state index contributed by atoms with van der Waals surface area (Å²) in [6.07, 6.45) is 3.29. The summed E-state index contributed by atoms with van der Waals surface area (Å²) in [5.41, 5.74) is 0. The molecule has 2 N–H and O–H groups in total. The number of rotatable bonds is 3. The van der Waals surface area contributed by atoms with E-state index < -0.39 is 0 Å². The summed E-state index contributed by atoms with van der Waals surface area (Å²) in [5.74, 6) is 0.688. The largest absolute Gasteiger partial charge is 0.381 e. The van der Waals surface area contributed by atoms with Gasteiger partial charge in [0, 0.05) is 6.61 Å². The van der Waals surface area contributed by atoms with Gasteiger partial charge in [-0.05, 0) is 12.8 Å². The highest BCUT2D eigenvalue weighted by molar-refractivity contribution is 5.78. The summed E-state index contributed by atoms with van der Waals surface area (Å²) in [6, 6.07) is 0. The smallest absolute Gasteiger partial charge is 0.225 e.